The Hall–Kier alpha value is -1.35. The standard InChI is InChI=1S/C15H22N2O/c1-4-15(9-6-10-16-15)14(18)17-13-8-5-7-11(2)12(13)3/h5,7-8,16H,4,6,9-10H2,1-3H3,(H,17,18). The zero-order valence-corrected chi connectivity index (χ0v) is 11.5. The third kappa shape index (κ3) is 2.27. The van der Waals surface area contributed by atoms with Crippen LogP contribution < -0.4 is 10.6 Å². The second kappa shape index (κ2) is 5.11. The van der Waals surface area contributed by atoms with Crippen LogP contribution in [0.5, 0.6) is 0 Å². The highest BCUT2D eigenvalue weighted by Gasteiger charge is 2.39. The summed E-state index contributed by atoms with van der Waals surface area (Å²) in [7, 11) is 0. The Balaban J connectivity index is 2.18. The van der Waals surface area contributed by atoms with Gasteiger partial charge in [0, 0.05) is 5.69 Å². The van der Waals surface area contributed by atoms with Crippen LogP contribution in [-0.2, 0) is 4.79 Å². The number of hydrogen-bond donors (Lipinski definition) is 2. The Morgan fingerprint density at radius 3 is 2.83 bits per heavy atom. The van der Waals surface area contributed by atoms with E-state index < -0.39 is 0 Å². The van der Waals surface area contributed by atoms with Gasteiger partial charge in [-0.2, -0.15) is 0 Å². The van der Waals surface area contributed by atoms with Gasteiger partial charge in [0.05, 0.1) is 5.54 Å². The maximum Gasteiger partial charge on any atom is 0.244 e. The second-order valence-electron chi connectivity index (χ2n) is 5.17. The van der Waals surface area contributed by atoms with Gasteiger partial charge in [-0.15, -0.1) is 0 Å². The van der Waals surface area contributed by atoms with Gasteiger partial charge in [0.1, 0.15) is 0 Å². The number of nitrogens with one attached hydrogen (secondary N) is 2. The van der Waals surface area contributed by atoms with Crippen LogP contribution >= 0.6 is 0 Å². The highest BCUT2D eigenvalue weighted by Crippen LogP contribution is 2.26. The van der Waals surface area contributed by atoms with Gasteiger partial charge in [0.25, 0.3) is 0 Å². The van der Waals surface area contributed by atoms with Gasteiger partial charge in [0.2, 0.25) is 5.91 Å². The molecule has 1 aromatic carbocycles. The summed E-state index contributed by atoms with van der Waals surface area (Å²) in [6, 6.07) is 6.02. The van der Waals surface area contributed by atoms with Crippen molar-refractivity contribution in [1.82, 2.24) is 5.32 Å². The third-order valence-electron chi connectivity index (χ3n) is 4.13. The lowest BCUT2D eigenvalue weighted by atomic mass is 9.93. The number of carbonyl (C=O) groups is 1. The molecule has 1 unspecified atom stereocenters. The van der Waals surface area contributed by atoms with Gasteiger partial charge in [0.15, 0.2) is 0 Å². The Morgan fingerprint density at radius 2 is 2.22 bits per heavy atom. The zero-order chi connectivity index (χ0) is 13.2. The molecule has 2 N–H and O–H groups in total. The van der Waals surface area contributed by atoms with Gasteiger partial charge < -0.3 is 10.6 Å². The van der Waals surface area contributed by atoms with Crippen molar-refractivity contribution in [2.24, 2.45) is 0 Å². The van der Waals surface area contributed by atoms with Crippen LogP contribution in [0.3, 0.4) is 0 Å². The Kier molecular flexibility index (Phi) is 3.71. The predicted octanol–water partition coefficient (Wildman–Crippen LogP) is 2.77. The molecule has 1 heterocycles. The molecule has 98 valence electrons. The fraction of sp³-hybridized carbons (Fsp3) is 0.533. The van der Waals surface area contributed by atoms with Gasteiger partial charge in [-0.3, -0.25) is 4.79 Å². The maximum absolute atomic E-state index is 12.5. The molecule has 1 saturated heterocycles. The van der Waals surface area contributed by atoms with E-state index in [-0.39, 0.29) is 11.4 Å². The number of carbonyl (C=O) groups excluding carboxylic acids is 1. The Morgan fingerprint density at radius 1 is 1.44 bits per heavy atom. The van der Waals surface area contributed by atoms with Crippen LogP contribution in [-0.4, -0.2) is 18.0 Å². The van der Waals surface area contributed by atoms with Crippen molar-refractivity contribution in [2.45, 2.75) is 45.6 Å². The first-order valence-corrected chi connectivity index (χ1v) is 6.72. The SMILES string of the molecule is CCC1(C(=O)Nc2cccc(C)c2C)CCCN1. The van der Waals surface area contributed by atoms with Gasteiger partial charge in [-0.05, 0) is 56.8 Å². The van der Waals surface area contributed by atoms with Crippen LogP contribution in [0.15, 0.2) is 18.2 Å². The van der Waals surface area contributed by atoms with Crippen LogP contribution in [0, 0.1) is 13.8 Å². The minimum Gasteiger partial charge on any atom is -0.324 e. The molecule has 0 bridgehead atoms. The van der Waals surface area contributed by atoms with E-state index >= 15 is 0 Å². The molecule has 1 amide bonds. The number of benzene rings is 1. The van der Waals surface area contributed by atoms with Crippen molar-refractivity contribution in [1.29, 1.82) is 0 Å². The molecule has 1 atom stereocenters. The summed E-state index contributed by atoms with van der Waals surface area (Å²) in [5, 5.41) is 6.45. The van der Waals surface area contributed by atoms with E-state index in [0.717, 1.165) is 37.1 Å². The molecule has 0 saturated carbocycles. The summed E-state index contributed by atoms with van der Waals surface area (Å²) >= 11 is 0. The first-order chi connectivity index (χ1) is 8.59. The van der Waals surface area contributed by atoms with Gasteiger partial charge in [-0.1, -0.05) is 19.1 Å². The van der Waals surface area contributed by atoms with E-state index in [2.05, 4.69) is 30.5 Å². The van der Waals surface area contributed by atoms with Crippen molar-refractivity contribution >= 4 is 11.6 Å². The third-order valence-corrected chi connectivity index (χ3v) is 4.13. The number of rotatable bonds is 3. The molecule has 1 fully saturated rings. The number of hydrogen-bond acceptors (Lipinski definition) is 2. The fourth-order valence-electron chi connectivity index (χ4n) is 2.59. The molecule has 0 spiro atoms. The first-order valence-electron chi connectivity index (χ1n) is 6.72. The lowest BCUT2D eigenvalue weighted by molar-refractivity contribution is -0.122. The molecule has 0 radical (unpaired) electrons. The van der Waals surface area contributed by atoms with E-state index in [1.807, 2.05) is 19.1 Å². The van der Waals surface area contributed by atoms with Crippen molar-refractivity contribution in [2.75, 3.05) is 11.9 Å². The van der Waals surface area contributed by atoms with E-state index in [4.69, 9.17) is 0 Å². The first kappa shape index (κ1) is 13.1. The molecule has 0 aromatic heterocycles. The molecule has 1 aromatic rings. The number of amides is 1. The van der Waals surface area contributed by atoms with Crippen molar-refractivity contribution in [3.63, 3.8) is 0 Å². The summed E-state index contributed by atoms with van der Waals surface area (Å²) < 4.78 is 0. The smallest absolute Gasteiger partial charge is 0.244 e. The van der Waals surface area contributed by atoms with E-state index in [0.29, 0.717) is 0 Å². The molecular formula is C15H22N2O. The normalized spacial score (nSPS) is 23.1. The quantitative estimate of drug-likeness (QED) is 0.861. The van der Waals surface area contributed by atoms with Crippen LogP contribution in [0.1, 0.15) is 37.3 Å². The van der Waals surface area contributed by atoms with E-state index in [1.165, 1.54) is 5.56 Å². The largest absolute Gasteiger partial charge is 0.324 e. The lowest BCUT2D eigenvalue weighted by Crippen LogP contribution is -2.50. The highest BCUT2D eigenvalue weighted by atomic mass is 16.2. The highest BCUT2D eigenvalue weighted by molar-refractivity contribution is 5.99. The Bertz CT molecular complexity index is 448. The number of aryl methyl sites for hydroxylation is 1. The van der Waals surface area contributed by atoms with E-state index in [9.17, 15) is 4.79 Å². The number of anilines is 1. The maximum atomic E-state index is 12.5. The van der Waals surface area contributed by atoms with Crippen molar-refractivity contribution < 1.29 is 4.79 Å². The molecule has 2 rings (SSSR count). The van der Waals surface area contributed by atoms with Crippen LogP contribution in [0.4, 0.5) is 5.69 Å². The zero-order valence-electron chi connectivity index (χ0n) is 11.5. The van der Waals surface area contributed by atoms with Gasteiger partial charge >= 0.3 is 0 Å². The lowest BCUT2D eigenvalue weighted by Gasteiger charge is -2.27. The molecular weight excluding hydrogens is 224 g/mol. The summed E-state index contributed by atoms with van der Waals surface area (Å²) in [5.41, 5.74) is 2.92. The monoisotopic (exact) mass is 246 g/mol. The topological polar surface area (TPSA) is 41.1 Å². The molecule has 1 aliphatic rings. The Labute approximate surface area is 109 Å². The minimum atomic E-state index is -0.365. The van der Waals surface area contributed by atoms with Crippen LogP contribution in [0.2, 0.25) is 0 Å². The molecule has 0 aliphatic carbocycles. The molecule has 3 heteroatoms. The average Bonchev–Trinajstić information content (AvgIpc) is 2.85. The summed E-state index contributed by atoms with van der Waals surface area (Å²) in [5.74, 6) is 0.108. The predicted molar refractivity (Wildman–Crippen MR) is 74.8 cm³/mol. The second-order valence-corrected chi connectivity index (χ2v) is 5.17. The van der Waals surface area contributed by atoms with Gasteiger partial charge in [-0.25, -0.2) is 0 Å². The summed E-state index contributed by atoms with van der Waals surface area (Å²) in [6.45, 7) is 7.12. The summed E-state index contributed by atoms with van der Waals surface area (Å²) in [4.78, 5) is 12.5. The average molecular weight is 246 g/mol. The molecule has 1 aliphatic heterocycles. The molecule has 3 nitrogen and oxygen atoms in total. The molecule has 18 heavy (non-hydrogen) atoms. The van der Waals surface area contributed by atoms with Crippen LogP contribution in [0.25, 0.3) is 0 Å². The minimum absolute atomic E-state index is 0.108. The summed E-state index contributed by atoms with van der Waals surface area (Å²) in [6.07, 6.45) is 2.85. The van der Waals surface area contributed by atoms with E-state index in [1.54, 1.807) is 0 Å². The van der Waals surface area contributed by atoms with Crippen molar-refractivity contribution in [3.8, 4) is 0 Å². The van der Waals surface area contributed by atoms with Crippen molar-refractivity contribution in [3.05, 3.63) is 29.3 Å². The fourth-order valence-corrected chi connectivity index (χ4v) is 2.59.